The number of H-pyrrole nitrogens is 1. The van der Waals surface area contributed by atoms with Gasteiger partial charge < -0.3 is 14.5 Å². The summed E-state index contributed by atoms with van der Waals surface area (Å²) in [6, 6.07) is 8.88. The van der Waals surface area contributed by atoms with E-state index >= 15 is 0 Å². The smallest absolute Gasteiger partial charge is 0.337 e. The van der Waals surface area contributed by atoms with E-state index in [0.29, 0.717) is 24.1 Å². The number of carbonyl (C=O) groups is 1. The number of piperidine rings is 1. The quantitative estimate of drug-likeness (QED) is 0.813. The Kier molecular flexibility index (Phi) is 3.38. The summed E-state index contributed by atoms with van der Waals surface area (Å²) in [5.74, 6) is 0.317. The molecule has 130 valence electrons. The van der Waals surface area contributed by atoms with Crippen LogP contribution in [0.15, 0.2) is 36.1 Å². The number of ether oxygens (including phenoxy) is 2. The van der Waals surface area contributed by atoms with Crippen LogP contribution in [0, 0.1) is 11.8 Å². The lowest BCUT2D eigenvalue weighted by molar-refractivity contribution is -0.138. The number of aromatic nitrogens is 1. The van der Waals surface area contributed by atoms with Crippen molar-refractivity contribution in [3.8, 4) is 0 Å². The molecule has 0 saturated carbocycles. The molecule has 0 bridgehead atoms. The van der Waals surface area contributed by atoms with Gasteiger partial charge in [0.2, 0.25) is 0 Å². The molecule has 1 aromatic heterocycles. The highest BCUT2D eigenvalue weighted by molar-refractivity contribution is 5.89. The molecule has 0 radical (unpaired) electrons. The molecule has 2 aromatic rings. The Morgan fingerprint density at radius 2 is 2.24 bits per heavy atom. The monoisotopic (exact) mass is 338 g/mol. The van der Waals surface area contributed by atoms with Crippen molar-refractivity contribution in [2.45, 2.75) is 18.9 Å². The standard InChI is InChI=1S/C20H22N2O3/c1-24-20(23)16-11-25-10-12-9-22-7-6-14-13-4-2-3-5-17(13)21-19(14)18(22)8-15(12)16/h2-5,11-12,15,18,21H,6-10H2,1H3. The van der Waals surface area contributed by atoms with Gasteiger partial charge in [-0.1, -0.05) is 18.2 Å². The van der Waals surface area contributed by atoms with Crippen molar-refractivity contribution in [1.29, 1.82) is 0 Å². The minimum absolute atomic E-state index is 0.208. The van der Waals surface area contributed by atoms with E-state index in [2.05, 4.69) is 34.1 Å². The molecule has 0 amide bonds. The zero-order chi connectivity index (χ0) is 17.0. The van der Waals surface area contributed by atoms with Crippen LogP contribution < -0.4 is 0 Å². The normalized spacial score (nSPS) is 28.4. The molecule has 1 N–H and O–H groups in total. The first-order valence-electron chi connectivity index (χ1n) is 8.99. The Labute approximate surface area is 146 Å². The van der Waals surface area contributed by atoms with Crippen LogP contribution in [0.1, 0.15) is 23.7 Å². The first-order chi connectivity index (χ1) is 12.3. The average Bonchev–Trinajstić information content (AvgIpc) is 3.04. The molecule has 0 aliphatic carbocycles. The van der Waals surface area contributed by atoms with Crippen LogP contribution in [-0.4, -0.2) is 42.7 Å². The van der Waals surface area contributed by atoms with E-state index in [1.807, 2.05) is 0 Å². The van der Waals surface area contributed by atoms with E-state index in [1.54, 1.807) is 6.26 Å². The maximum absolute atomic E-state index is 12.2. The van der Waals surface area contributed by atoms with Gasteiger partial charge in [0.15, 0.2) is 0 Å². The number of hydrogen-bond donors (Lipinski definition) is 1. The highest BCUT2D eigenvalue weighted by Crippen LogP contribution is 2.46. The summed E-state index contributed by atoms with van der Waals surface area (Å²) in [6.45, 7) is 2.73. The van der Waals surface area contributed by atoms with E-state index in [4.69, 9.17) is 9.47 Å². The molecule has 0 spiro atoms. The minimum Gasteiger partial charge on any atom is -0.500 e. The first-order valence-corrected chi connectivity index (χ1v) is 8.99. The maximum atomic E-state index is 12.2. The number of para-hydroxylation sites is 1. The van der Waals surface area contributed by atoms with Gasteiger partial charge in [-0.15, -0.1) is 0 Å². The van der Waals surface area contributed by atoms with Gasteiger partial charge in [-0.25, -0.2) is 4.79 Å². The lowest BCUT2D eigenvalue weighted by atomic mass is 9.74. The first kappa shape index (κ1) is 15.0. The molecular weight excluding hydrogens is 316 g/mol. The molecule has 1 saturated heterocycles. The predicted molar refractivity (Wildman–Crippen MR) is 94.0 cm³/mol. The van der Waals surface area contributed by atoms with Crippen molar-refractivity contribution in [1.82, 2.24) is 9.88 Å². The summed E-state index contributed by atoms with van der Waals surface area (Å²) in [5, 5.41) is 1.34. The van der Waals surface area contributed by atoms with Crippen LogP contribution in [0.25, 0.3) is 10.9 Å². The number of esters is 1. The molecule has 3 aliphatic heterocycles. The van der Waals surface area contributed by atoms with Gasteiger partial charge in [-0.3, -0.25) is 4.90 Å². The predicted octanol–water partition coefficient (Wildman–Crippen LogP) is 2.79. The molecule has 5 heteroatoms. The summed E-state index contributed by atoms with van der Waals surface area (Å²) < 4.78 is 10.6. The molecule has 25 heavy (non-hydrogen) atoms. The van der Waals surface area contributed by atoms with Gasteiger partial charge in [-0.2, -0.15) is 0 Å². The zero-order valence-electron chi connectivity index (χ0n) is 14.3. The fraction of sp³-hybridized carbons (Fsp3) is 0.450. The lowest BCUT2D eigenvalue weighted by Gasteiger charge is -2.47. The topological polar surface area (TPSA) is 54.6 Å². The Balaban J connectivity index is 1.54. The lowest BCUT2D eigenvalue weighted by Crippen LogP contribution is -2.49. The SMILES string of the molecule is COC(=O)C1=COCC2CN3CCc4c([nH]c5ccccc45)C3CC12. The highest BCUT2D eigenvalue weighted by atomic mass is 16.5. The largest absolute Gasteiger partial charge is 0.500 e. The number of rotatable bonds is 1. The van der Waals surface area contributed by atoms with Gasteiger partial charge in [0.05, 0.1) is 31.6 Å². The number of methoxy groups -OCH3 is 1. The van der Waals surface area contributed by atoms with Gasteiger partial charge in [0.25, 0.3) is 0 Å². The van der Waals surface area contributed by atoms with Crippen LogP contribution in [0.5, 0.6) is 0 Å². The van der Waals surface area contributed by atoms with Gasteiger partial charge in [0.1, 0.15) is 0 Å². The third-order valence-electron chi connectivity index (χ3n) is 6.13. The molecular formula is C20H22N2O3. The van der Waals surface area contributed by atoms with Crippen molar-refractivity contribution in [3.63, 3.8) is 0 Å². The zero-order valence-corrected chi connectivity index (χ0v) is 14.3. The van der Waals surface area contributed by atoms with Crippen molar-refractivity contribution < 1.29 is 14.3 Å². The van der Waals surface area contributed by atoms with Gasteiger partial charge in [0, 0.05) is 41.5 Å². The Morgan fingerprint density at radius 3 is 3.12 bits per heavy atom. The van der Waals surface area contributed by atoms with Crippen LogP contribution in [0.3, 0.4) is 0 Å². The van der Waals surface area contributed by atoms with E-state index in [-0.39, 0.29) is 11.9 Å². The summed E-state index contributed by atoms with van der Waals surface area (Å²) in [5.41, 5.74) is 4.70. The van der Waals surface area contributed by atoms with Crippen molar-refractivity contribution >= 4 is 16.9 Å². The van der Waals surface area contributed by atoms with Crippen LogP contribution in [-0.2, 0) is 20.7 Å². The molecule has 3 aliphatic rings. The van der Waals surface area contributed by atoms with E-state index < -0.39 is 0 Å². The van der Waals surface area contributed by atoms with Gasteiger partial charge in [-0.05, 0) is 24.5 Å². The number of carbonyl (C=O) groups excluding carboxylic acids is 1. The fourth-order valence-corrected chi connectivity index (χ4v) is 4.93. The second-order valence-electron chi connectivity index (χ2n) is 7.32. The average molecular weight is 338 g/mol. The second-order valence-corrected chi connectivity index (χ2v) is 7.32. The molecule has 3 atom stereocenters. The molecule has 4 heterocycles. The van der Waals surface area contributed by atoms with E-state index in [1.165, 1.54) is 29.3 Å². The number of nitrogens with zero attached hydrogens (tertiary/aromatic N) is 1. The summed E-state index contributed by atoms with van der Waals surface area (Å²) in [4.78, 5) is 18.4. The number of aromatic amines is 1. The third kappa shape index (κ3) is 2.22. The molecule has 1 aromatic carbocycles. The maximum Gasteiger partial charge on any atom is 0.337 e. The molecule has 5 nitrogen and oxygen atoms in total. The molecule has 5 rings (SSSR count). The Hall–Kier alpha value is -2.27. The molecule has 1 fully saturated rings. The summed E-state index contributed by atoms with van der Waals surface area (Å²) >= 11 is 0. The fourth-order valence-electron chi connectivity index (χ4n) is 4.93. The van der Waals surface area contributed by atoms with Crippen molar-refractivity contribution in [2.24, 2.45) is 11.8 Å². The second kappa shape index (κ2) is 5.63. The molecule has 3 unspecified atom stereocenters. The highest BCUT2D eigenvalue weighted by Gasteiger charge is 2.44. The van der Waals surface area contributed by atoms with Crippen LogP contribution in [0.4, 0.5) is 0 Å². The number of nitrogens with one attached hydrogen (secondary N) is 1. The van der Waals surface area contributed by atoms with Crippen molar-refractivity contribution in [3.05, 3.63) is 47.4 Å². The van der Waals surface area contributed by atoms with Crippen LogP contribution in [0.2, 0.25) is 0 Å². The summed E-state index contributed by atoms with van der Waals surface area (Å²) in [7, 11) is 1.44. The Bertz CT molecular complexity index is 869. The van der Waals surface area contributed by atoms with Crippen LogP contribution >= 0.6 is 0 Å². The minimum atomic E-state index is -0.254. The van der Waals surface area contributed by atoms with E-state index in [9.17, 15) is 4.79 Å². The Morgan fingerprint density at radius 1 is 1.36 bits per heavy atom. The van der Waals surface area contributed by atoms with Crippen molar-refractivity contribution in [2.75, 3.05) is 26.8 Å². The number of hydrogen-bond acceptors (Lipinski definition) is 4. The number of fused-ring (bicyclic) bond motifs is 6. The van der Waals surface area contributed by atoms with Gasteiger partial charge >= 0.3 is 5.97 Å². The summed E-state index contributed by atoms with van der Waals surface area (Å²) in [6.07, 6.45) is 3.64. The third-order valence-corrected chi connectivity index (χ3v) is 6.13. The van der Waals surface area contributed by atoms with E-state index in [0.717, 1.165) is 25.9 Å². The number of benzene rings is 1.